The Labute approximate surface area is 176 Å². The van der Waals surface area contributed by atoms with E-state index in [0.717, 1.165) is 36.8 Å². The normalized spacial score (nSPS) is 18.6. The molecule has 0 saturated carbocycles. The number of aliphatic imine (C=N–C) groups is 1. The summed E-state index contributed by atoms with van der Waals surface area (Å²) in [6.45, 7) is 9.67. The molecule has 160 valence electrons. The molecule has 2 aliphatic rings. The summed E-state index contributed by atoms with van der Waals surface area (Å²) >= 11 is 0. The number of fused-ring (bicyclic) bond motifs is 1. The molecule has 0 aliphatic carbocycles. The van der Waals surface area contributed by atoms with Gasteiger partial charge >= 0.3 is 0 Å². The van der Waals surface area contributed by atoms with E-state index in [1.54, 1.807) is 4.57 Å². The van der Waals surface area contributed by atoms with Crippen LogP contribution < -0.4 is 15.6 Å². The second-order valence-corrected chi connectivity index (χ2v) is 8.08. The summed E-state index contributed by atoms with van der Waals surface area (Å²) in [6.07, 6.45) is 0.529. The van der Waals surface area contributed by atoms with Crippen LogP contribution in [0.4, 0.5) is 5.95 Å². The molecule has 1 N–H and O–H groups in total. The van der Waals surface area contributed by atoms with E-state index >= 15 is 0 Å². The SMILES string of the molecule is Cc1cc(=O)n2c(n1)NC(N1CCOCC1)=N[C@@H]2c1ccc(OCCC(C)C)cc1. The fourth-order valence-corrected chi connectivity index (χ4v) is 3.54. The standard InChI is InChI=1S/C22H29N5O3/c1-15(2)8-11-30-18-6-4-17(5-7-18)20-24-21(26-9-12-29-13-10-26)25-22-23-16(3)14-19(28)27(20)22/h4-7,14-15,20H,8-13H2,1-3H3,(H,23,24,25)/t20-/m0/s1. The predicted molar refractivity (Wildman–Crippen MR) is 116 cm³/mol. The number of hydrogen-bond acceptors (Lipinski definition) is 7. The van der Waals surface area contributed by atoms with E-state index in [4.69, 9.17) is 14.5 Å². The number of ether oxygens (including phenoxy) is 2. The first-order chi connectivity index (χ1) is 14.5. The molecule has 8 heteroatoms. The first kappa shape index (κ1) is 20.4. The highest BCUT2D eigenvalue weighted by molar-refractivity contribution is 5.93. The topological polar surface area (TPSA) is 81.0 Å². The molecule has 2 aromatic rings. The van der Waals surface area contributed by atoms with Gasteiger partial charge in [0.15, 0.2) is 6.17 Å². The average molecular weight is 412 g/mol. The highest BCUT2D eigenvalue weighted by atomic mass is 16.5. The molecule has 0 unspecified atom stereocenters. The summed E-state index contributed by atoms with van der Waals surface area (Å²) in [5.74, 6) is 2.66. The van der Waals surface area contributed by atoms with Crippen molar-refractivity contribution in [2.45, 2.75) is 33.4 Å². The van der Waals surface area contributed by atoms with E-state index < -0.39 is 6.17 Å². The van der Waals surface area contributed by atoms with Gasteiger partial charge in [-0.25, -0.2) is 9.98 Å². The number of nitrogens with zero attached hydrogens (tertiary/aromatic N) is 4. The minimum absolute atomic E-state index is 0.128. The molecule has 0 radical (unpaired) electrons. The van der Waals surface area contributed by atoms with Gasteiger partial charge < -0.3 is 14.4 Å². The minimum atomic E-state index is -0.482. The Morgan fingerprint density at radius 3 is 2.67 bits per heavy atom. The zero-order valence-corrected chi connectivity index (χ0v) is 17.8. The van der Waals surface area contributed by atoms with Crippen molar-refractivity contribution < 1.29 is 9.47 Å². The fourth-order valence-electron chi connectivity index (χ4n) is 3.54. The maximum absolute atomic E-state index is 12.8. The number of aryl methyl sites for hydroxylation is 1. The third-order valence-electron chi connectivity index (χ3n) is 5.25. The highest BCUT2D eigenvalue weighted by Crippen LogP contribution is 2.27. The third-order valence-corrected chi connectivity index (χ3v) is 5.25. The number of morpholine rings is 1. The molecule has 1 fully saturated rings. The van der Waals surface area contributed by atoms with E-state index in [9.17, 15) is 4.79 Å². The number of guanidine groups is 1. The van der Waals surface area contributed by atoms with Crippen LogP contribution >= 0.6 is 0 Å². The van der Waals surface area contributed by atoms with Crippen LogP contribution in [0.3, 0.4) is 0 Å². The van der Waals surface area contributed by atoms with Gasteiger partial charge in [-0.3, -0.25) is 14.7 Å². The monoisotopic (exact) mass is 411 g/mol. The lowest BCUT2D eigenvalue weighted by Crippen LogP contribution is -2.47. The van der Waals surface area contributed by atoms with Gasteiger partial charge in [-0.05, 0) is 37.0 Å². The molecule has 0 spiro atoms. The summed E-state index contributed by atoms with van der Waals surface area (Å²) in [7, 11) is 0. The number of anilines is 1. The molecule has 3 heterocycles. The van der Waals surface area contributed by atoms with E-state index in [1.165, 1.54) is 6.07 Å². The second-order valence-electron chi connectivity index (χ2n) is 8.08. The van der Waals surface area contributed by atoms with Crippen LogP contribution in [-0.2, 0) is 4.74 Å². The smallest absolute Gasteiger partial charge is 0.257 e. The number of benzene rings is 1. The van der Waals surface area contributed by atoms with Gasteiger partial charge in [-0.2, -0.15) is 0 Å². The zero-order valence-electron chi connectivity index (χ0n) is 17.8. The Bertz CT molecular complexity index is 962. The van der Waals surface area contributed by atoms with Crippen molar-refractivity contribution in [2.24, 2.45) is 10.9 Å². The molecule has 1 atom stereocenters. The Morgan fingerprint density at radius 2 is 1.97 bits per heavy atom. The first-order valence-corrected chi connectivity index (χ1v) is 10.5. The Morgan fingerprint density at radius 1 is 1.23 bits per heavy atom. The predicted octanol–water partition coefficient (Wildman–Crippen LogP) is 2.64. The Hall–Kier alpha value is -2.87. The number of rotatable bonds is 5. The molecule has 1 aromatic heterocycles. The van der Waals surface area contributed by atoms with Crippen molar-refractivity contribution in [1.82, 2.24) is 14.5 Å². The summed E-state index contributed by atoms with van der Waals surface area (Å²) in [5.41, 5.74) is 1.46. The zero-order chi connectivity index (χ0) is 21.1. The van der Waals surface area contributed by atoms with E-state index in [2.05, 4.69) is 29.0 Å². The van der Waals surface area contributed by atoms with Crippen molar-refractivity contribution in [3.05, 3.63) is 51.9 Å². The largest absolute Gasteiger partial charge is 0.494 e. The molecule has 1 aromatic carbocycles. The summed E-state index contributed by atoms with van der Waals surface area (Å²) in [4.78, 5) is 24.4. The van der Waals surface area contributed by atoms with Crippen LogP contribution in [-0.4, -0.2) is 53.3 Å². The van der Waals surface area contributed by atoms with E-state index in [-0.39, 0.29) is 5.56 Å². The van der Waals surface area contributed by atoms with Gasteiger partial charge in [0.1, 0.15) is 5.75 Å². The minimum Gasteiger partial charge on any atom is -0.494 e. The highest BCUT2D eigenvalue weighted by Gasteiger charge is 2.28. The van der Waals surface area contributed by atoms with Crippen LogP contribution in [0.15, 0.2) is 40.1 Å². The van der Waals surface area contributed by atoms with Crippen molar-refractivity contribution in [3.8, 4) is 5.75 Å². The van der Waals surface area contributed by atoms with Gasteiger partial charge in [0.25, 0.3) is 5.56 Å². The lowest BCUT2D eigenvalue weighted by molar-refractivity contribution is 0.0675. The van der Waals surface area contributed by atoms with Gasteiger partial charge in [-0.15, -0.1) is 0 Å². The molecule has 0 amide bonds. The molecule has 8 nitrogen and oxygen atoms in total. The fraction of sp³-hybridized carbons (Fsp3) is 0.500. The summed E-state index contributed by atoms with van der Waals surface area (Å²) < 4.78 is 12.9. The van der Waals surface area contributed by atoms with Crippen LogP contribution in [0.1, 0.15) is 37.7 Å². The van der Waals surface area contributed by atoms with Crippen molar-refractivity contribution >= 4 is 11.9 Å². The van der Waals surface area contributed by atoms with Crippen molar-refractivity contribution in [1.29, 1.82) is 0 Å². The number of nitrogens with one attached hydrogen (secondary N) is 1. The maximum atomic E-state index is 12.8. The Balaban J connectivity index is 1.64. The molecule has 30 heavy (non-hydrogen) atoms. The van der Waals surface area contributed by atoms with Crippen molar-refractivity contribution in [2.75, 3.05) is 38.2 Å². The molecule has 4 rings (SSSR count). The first-order valence-electron chi connectivity index (χ1n) is 10.5. The summed E-state index contributed by atoms with van der Waals surface area (Å²) in [5, 5.41) is 3.25. The van der Waals surface area contributed by atoms with E-state index in [0.29, 0.717) is 37.4 Å². The summed E-state index contributed by atoms with van der Waals surface area (Å²) in [6, 6.07) is 9.35. The third kappa shape index (κ3) is 4.48. The molecular weight excluding hydrogens is 382 g/mol. The van der Waals surface area contributed by atoms with Crippen LogP contribution in [0.5, 0.6) is 5.75 Å². The van der Waals surface area contributed by atoms with Crippen LogP contribution in [0.25, 0.3) is 0 Å². The lowest BCUT2D eigenvalue weighted by atomic mass is 10.1. The van der Waals surface area contributed by atoms with Crippen LogP contribution in [0.2, 0.25) is 0 Å². The lowest BCUT2D eigenvalue weighted by Gasteiger charge is -2.34. The quantitative estimate of drug-likeness (QED) is 0.815. The second kappa shape index (κ2) is 8.87. The van der Waals surface area contributed by atoms with E-state index in [1.807, 2.05) is 31.2 Å². The maximum Gasteiger partial charge on any atom is 0.257 e. The molecular formula is C22H29N5O3. The molecule has 2 aliphatic heterocycles. The molecule has 1 saturated heterocycles. The molecule has 0 bridgehead atoms. The van der Waals surface area contributed by atoms with Gasteiger partial charge in [0.05, 0.1) is 19.8 Å². The average Bonchev–Trinajstić information content (AvgIpc) is 2.73. The van der Waals surface area contributed by atoms with Gasteiger partial charge in [0.2, 0.25) is 11.9 Å². The number of aromatic nitrogens is 2. The van der Waals surface area contributed by atoms with Crippen molar-refractivity contribution in [3.63, 3.8) is 0 Å². The van der Waals surface area contributed by atoms with Gasteiger partial charge in [0, 0.05) is 24.8 Å². The van der Waals surface area contributed by atoms with Crippen LogP contribution in [0, 0.1) is 12.8 Å². The van der Waals surface area contributed by atoms with Gasteiger partial charge in [-0.1, -0.05) is 26.0 Å². The number of hydrogen-bond donors (Lipinski definition) is 1. The Kier molecular flexibility index (Phi) is 6.03.